The maximum absolute atomic E-state index is 11.8. The molecular formula is C26H23N3O3S. The van der Waals surface area contributed by atoms with Crippen molar-refractivity contribution in [2.45, 2.75) is 43.9 Å². The van der Waals surface area contributed by atoms with E-state index in [0.29, 0.717) is 4.91 Å². The van der Waals surface area contributed by atoms with Gasteiger partial charge < -0.3 is 4.42 Å². The first kappa shape index (κ1) is 19.5. The SMILES string of the molecule is O=C1NC(=O)C(=Cc2ccc(-c3cc(C45CC6CC(CC(C6)C4)C5)c4ocnc4c3)nc2)S1. The van der Waals surface area contributed by atoms with Crippen molar-refractivity contribution in [3.63, 3.8) is 0 Å². The van der Waals surface area contributed by atoms with E-state index >= 15 is 0 Å². The summed E-state index contributed by atoms with van der Waals surface area (Å²) in [5.74, 6) is 2.19. The molecule has 5 fully saturated rings. The highest BCUT2D eigenvalue weighted by Gasteiger charge is 2.52. The van der Waals surface area contributed by atoms with Crippen molar-refractivity contribution >= 4 is 40.1 Å². The van der Waals surface area contributed by atoms with Gasteiger partial charge in [0, 0.05) is 17.3 Å². The van der Waals surface area contributed by atoms with E-state index in [1.165, 1.54) is 44.1 Å². The number of benzene rings is 1. The highest BCUT2D eigenvalue weighted by Crippen LogP contribution is 2.61. The number of hydrogen-bond acceptors (Lipinski definition) is 6. The van der Waals surface area contributed by atoms with Gasteiger partial charge in [0.05, 0.1) is 10.6 Å². The van der Waals surface area contributed by atoms with Crippen molar-refractivity contribution in [3.8, 4) is 11.3 Å². The molecule has 166 valence electrons. The standard InChI is InChI=1S/C26H23N3O3S/c30-24-22(33-25(31)29-24)6-14-1-2-20(27-12-14)18-7-19(23-21(8-18)28-13-32-23)26-9-15-3-16(10-26)5-17(4-15)11-26/h1-2,6-8,12-13,15-17H,3-5,9-11H2,(H,29,30,31). The van der Waals surface area contributed by atoms with Crippen LogP contribution in [0.4, 0.5) is 4.79 Å². The zero-order chi connectivity index (χ0) is 22.2. The molecule has 1 N–H and O–H groups in total. The zero-order valence-corrected chi connectivity index (χ0v) is 18.9. The van der Waals surface area contributed by atoms with Gasteiger partial charge in [0.1, 0.15) is 5.52 Å². The van der Waals surface area contributed by atoms with E-state index in [1.54, 1.807) is 18.7 Å². The smallest absolute Gasteiger partial charge is 0.290 e. The molecule has 8 rings (SSSR count). The van der Waals surface area contributed by atoms with Crippen LogP contribution in [-0.2, 0) is 10.2 Å². The minimum absolute atomic E-state index is 0.201. The molecule has 4 aliphatic carbocycles. The fourth-order valence-corrected chi connectivity index (χ4v) is 7.87. The number of nitrogens with zero attached hydrogens (tertiary/aromatic N) is 2. The van der Waals surface area contributed by atoms with Crippen molar-refractivity contribution < 1.29 is 14.0 Å². The number of nitrogens with one attached hydrogen (secondary N) is 1. The van der Waals surface area contributed by atoms with Crippen LogP contribution in [-0.4, -0.2) is 21.1 Å². The first-order valence-electron chi connectivity index (χ1n) is 11.6. The number of aromatic nitrogens is 2. The largest absolute Gasteiger partial charge is 0.443 e. The van der Waals surface area contributed by atoms with Crippen LogP contribution in [0.5, 0.6) is 0 Å². The van der Waals surface area contributed by atoms with Crippen LogP contribution in [0.3, 0.4) is 0 Å². The van der Waals surface area contributed by atoms with Crippen LogP contribution >= 0.6 is 11.8 Å². The molecule has 3 heterocycles. The second kappa shape index (κ2) is 7.03. The average molecular weight is 458 g/mol. The van der Waals surface area contributed by atoms with Gasteiger partial charge in [-0.15, -0.1) is 0 Å². The Balaban J connectivity index is 1.27. The molecule has 7 heteroatoms. The predicted molar refractivity (Wildman–Crippen MR) is 126 cm³/mol. The highest BCUT2D eigenvalue weighted by atomic mass is 32.2. The molecule has 3 aromatic rings. The normalized spacial score (nSPS) is 31.6. The molecule has 4 saturated carbocycles. The summed E-state index contributed by atoms with van der Waals surface area (Å²) in [6, 6.07) is 8.25. The Morgan fingerprint density at radius 2 is 1.79 bits per heavy atom. The van der Waals surface area contributed by atoms with Gasteiger partial charge in [-0.25, -0.2) is 4.98 Å². The fourth-order valence-electron chi connectivity index (χ4n) is 7.19. The molecule has 6 nitrogen and oxygen atoms in total. The third kappa shape index (κ3) is 3.16. The lowest BCUT2D eigenvalue weighted by Crippen LogP contribution is -2.48. The molecule has 0 spiro atoms. The lowest BCUT2D eigenvalue weighted by atomic mass is 9.48. The minimum Gasteiger partial charge on any atom is -0.443 e. The number of carbonyl (C=O) groups excluding carboxylic acids is 2. The van der Waals surface area contributed by atoms with E-state index < -0.39 is 0 Å². The summed E-state index contributed by atoms with van der Waals surface area (Å²) in [7, 11) is 0. The van der Waals surface area contributed by atoms with E-state index in [9.17, 15) is 9.59 Å². The van der Waals surface area contributed by atoms with Gasteiger partial charge in [-0.1, -0.05) is 6.07 Å². The summed E-state index contributed by atoms with van der Waals surface area (Å²) in [4.78, 5) is 32.8. The zero-order valence-electron chi connectivity index (χ0n) is 18.0. The molecule has 0 radical (unpaired) electrons. The number of thioether (sulfide) groups is 1. The lowest BCUT2D eigenvalue weighted by molar-refractivity contribution is -0.115. The third-order valence-electron chi connectivity index (χ3n) is 8.06. The average Bonchev–Trinajstić information content (AvgIpc) is 3.38. The molecule has 4 bridgehead atoms. The molecule has 1 aromatic carbocycles. The summed E-state index contributed by atoms with van der Waals surface area (Å²) in [6.07, 6.45) is 13.0. The van der Waals surface area contributed by atoms with Crippen LogP contribution in [0.2, 0.25) is 0 Å². The van der Waals surface area contributed by atoms with Crippen LogP contribution in [0.1, 0.15) is 49.7 Å². The number of oxazole rings is 1. The first-order valence-corrected chi connectivity index (χ1v) is 12.5. The van der Waals surface area contributed by atoms with Crippen LogP contribution < -0.4 is 5.32 Å². The second-order valence-electron chi connectivity index (χ2n) is 10.3. The Kier molecular flexibility index (Phi) is 4.16. The molecule has 0 unspecified atom stereocenters. The molecule has 33 heavy (non-hydrogen) atoms. The summed E-state index contributed by atoms with van der Waals surface area (Å²) < 4.78 is 5.93. The summed E-state index contributed by atoms with van der Waals surface area (Å²) >= 11 is 0.916. The number of hydrogen-bond donors (Lipinski definition) is 1. The maximum atomic E-state index is 11.8. The van der Waals surface area contributed by atoms with Gasteiger partial charge in [0.25, 0.3) is 11.1 Å². The van der Waals surface area contributed by atoms with Gasteiger partial charge in [-0.05, 0) is 103 Å². The molecule has 1 saturated heterocycles. The second-order valence-corrected chi connectivity index (χ2v) is 11.3. The Morgan fingerprint density at radius 1 is 1.03 bits per heavy atom. The van der Waals surface area contributed by atoms with Crippen molar-refractivity contribution in [1.29, 1.82) is 0 Å². The molecule has 0 atom stereocenters. The number of rotatable bonds is 3. The van der Waals surface area contributed by atoms with Crippen LogP contribution in [0.15, 0.2) is 46.2 Å². The lowest BCUT2D eigenvalue weighted by Gasteiger charge is -2.57. The Morgan fingerprint density at radius 3 is 2.42 bits per heavy atom. The number of imide groups is 1. The fraction of sp³-hybridized carbons (Fsp3) is 0.385. The third-order valence-corrected chi connectivity index (χ3v) is 8.87. The van der Waals surface area contributed by atoms with Crippen molar-refractivity contribution in [2.75, 3.05) is 0 Å². The van der Waals surface area contributed by atoms with Crippen molar-refractivity contribution in [2.24, 2.45) is 17.8 Å². The quantitative estimate of drug-likeness (QED) is 0.509. The maximum Gasteiger partial charge on any atom is 0.290 e. The molecule has 2 amide bonds. The van der Waals surface area contributed by atoms with E-state index in [0.717, 1.165) is 57.4 Å². The van der Waals surface area contributed by atoms with Gasteiger partial charge >= 0.3 is 0 Å². The number of amides is 2. The van der Waals surface area contributed by atoms with Gasteiger partial charge in [-0.2, -0.15) is 0 Å². The number of carbonyl (C=O) groups is 2. The van der Waals surface area contributed by atoms with Crippen LogP contribution in [0.25, 0.3) is 28.4 Å². The van der Waals surface area contributed by atoms with Crippen molar-refractivity contribution in [3.05, 3.63) is 52.9 Å². The van der Waals surface area contributed by atoms with Gasteiger partial charge in [0.15, 0.2) is 12.0 Å². The number of fused-ring (bicyclic) bond motifs is 1. The Labute approximate surface area is 195 Å². The highest BCUT2D eigenvalue weighted by molar-refractivity contribution is 8.18. The topological polar surface area (TPSA) is 85.1 Å². The van der Waals surface area contributed by atoms with E-state index in [-0.39, 0.29) is 16.6 Å². The first-order chi connectivity index (χ1) is 16.0. The molecule has 2 aromatic heterocycles. The summed E-state index contributed by atoms with van der Waals surface area (Å²) in [5, 5.41) is 1.94. The summed E-state index contributed by atoms with van der Waals surface area (Å²) in [5.41, 5.74) is 6.05. The van der Waals surface area contributed by atoms with Gasteiger partial charge in [0.2, 0.25) is 0 Å². The van der Waals surface area contributed by atoms with E-state index in [1.807, 2.05) is 12.1 Å². The Hall–Kier alpha value is -2.93. The summed E-state index contributed by atoms with van der Waals surface area (Å²) in [6.45, 7) is 0. The van der Waals surface area contributed by atoms with E-state index in [2.05, 4.69) is 27.4 Å². The Bertz CT molecular complexity index is 1310. The monoisotopic (exact) mass is 457 g/mol. The molecule has 5 aliphatic rings. The molecule has 1 aliphatic heterocycles. The minimum atomic E-state index is -0.356. The number of pyridine rings is 1. The van der Waals surface area contributed by atoms with E-state index in [4.69, 9.17) is 4.42 Å². The van der Waals surface area contributed by atoms with Crippen molar-refractivity contribution in [1.82, 2.24) is 15.3 Å². The van der Waals surface area contributed by atoms with Crippen LogP contribution in [0, 0.1) is 17.8 Å². The predicted octanol–water partition coefficient (Wildman–Crippen LogP) is 5.68. The molecular weight excluding hydrogens is 434 g/mol. The van der Waals surface area contributed by atoms with Gasteiger partial charge in [-0.3, -0.25) is 19.9 Å².